The van der Waals surface area contributed by atoms with Gasteiger partial charge in [0.25, 0.3) is 0 Å². The van der Waals surface area contributed by atoms with Gasteiger partial charge in [0.05, 0.1) is 13.0 Å². The highest BCUT2D eigenvalue weighted by Crippen LogP contribution is 2.11. The van der Waals surface area contributed by atoms with Crippen LogP contribution in [0.1, 0.15) is 13.3 Å². The SMILES string of the molecule is CCOOCC(O)(CC(=O)O)C(=O)O. The monoisotopic (exact) mass is 208 g/mol. The Balaban J connectivity index is 4.24. The van der Waals surface area contributed by atoms with Crippen molar-refractivity contribution in [1.29, 1.82) is 0 Å². The Bertz CT molecular complexity index is 214. The first kappa shape index (κ1) is 12.8. The summed E-state index contributed by atoms with van der Waals surface area (Å²) in [4.78, 5) is 29.4. The summed E-state index contributed by atoms with van der Waals surface area (Å²) in [5.41, 5.74) is -2.46. The molecule has 1 atom stereocenters. The lowest BCUT2D eigenvalue weighted by molar-refractivity contribution is -0.312. The van der Waals surface area contributed by atoms with Crippen LogP contribution in [0.5, 0.6) is 0 Å². The van der Waals surface area contributed by atoms with E-state index in [-0.39, 0.29) is 6.61 Å². The number of carboxylic acid groups (broad SMARTS) is 2. The smallest absolute Gasteiger partial charge is 0.338 e. The summed E-state index contributed by atoms with van der Waals surface area (Å²) in [6, 6.07) is 0. The summed E-state index contributed by atoms with van der Waals surface area (Å²) in [6.07, 6.45) is -0.949. The zero-order valence-corrected chi connectivity index (χ0v) is 7.60. The first-order chi connectivity index (χ1) is 6.42. The van der Waals surface area contributed by atoms with Gasteiger partial charge in [-0.1, -0.05) is 0 Å². The Morgan fingerprint density at radius 3 is 2.21 bits per heavy atom. The van der Waals surface area contributed by atoms with Crippen LogP contribution in [0.3, 0.4) is 0 Å². The molecule has 0 aromatic rings. The Morgan fingerprint density at radius 1 is 1.29 bits per heavy atom. The number of carboxylic acids is 2. The number of hydrogen-bond acceptors (Lipinski definition) is 5. The first-order valence-electron chi connectivity index (χ1n) is 3.84. The van der Waals surface area contributed by atoms with Crippen LogP contribution in [-0.4, -0.2) is 46.1 Å². The molecule has 82 valence electrons. The molecule has 3 N–H and O–H groups in total. The Labute approximate surface area is 79.8 Å². The van der Waals surface area contributed by atoms with Crippen molar-refractivity contribution >= 4 is 11.9 Å². The number of aliphatic carboxylic acids is 2. The van der Waals surface area contributed by atoms with Gasteiger partial charge in [0.2, 0.25) is 0 Å². The van der Waals surface area contributed by atoms with E-state index < -0.39 is 30.6 Å². The second-order valence-corrected chi connectivity index (χ2v) is 2.58. The quantitative estimate of drug-likeness (QED) is 0.286. The standard InChI is InChI=1S/C7H12O7/c1-2-13-14-4-7(12,6(10)11)3-5(8)9/h12H,2-4H2,1H3,(H,8,9)(H,10,11). The average molecular weight is 208 g/mol. The van der Waals surface area contributed by atoms with Gasteiger partial charge in [-0.3, -0.25) is 4.79 Å². The van der Waals surface area contributed by atoms with Gasteiger partial charge >= 0.3 is 11.9 Å². The van der Waals surface area contributed by atoms with Gasteiger partial charge in [0, 0.05) is 0 Å². The summed E-state index contributed by atoms with van der Waals surface area (Å²) in [7, 11) is 0. The minimum absolute atomic E-state index is 0.169. The van der Waals surface area contributed by atoms with Crippen molar-refractivity contribution in [3.05, 3.63) is 0 Å². The zero-order valence-electron chi connectivity index (χ0n) is 7.60. The van der Waals surface area contributed by atoms with Crippen molar-refractivity contribution in [3.8, 4) is 0 Å². The molecule has 0 rings (SSSR count). The molecule has 0 aliphatic heterocycles. The van der Waals surface area contributed by atoms with Crippen molar-refractivity contribution in [3.63, 3.8) is 0 Å². The number of hydrogen-bond donors (Lipinski definition) is 3. The van der Waals surface area contributed by atoms with Crippen molar-refractivity contribution < 1.29 is 34.7 Å². The minimum Gasteiger partial charge on any atom is -0.481 e. The topological polar surface area (TPSA) is 113 Å². The van der Waals surface area contributed by atoms with Crippen LogP contribution < -0.4 is 0 Å². The van der Waals surface area contributed by atoms with E-state index in [0.29, 0.717) is 0 Å². The van der Waals surface area contributed by atoms with E-state index in [1.807, 2.05) is 0 Å². The van der Waals surface area contributed by atoms with Gasteiger partial charge in [-0.2, -0.15) is 0 Å². The third kappa shape index (κ3) is 4.17. The van der Waals surface area contributed by atoms with Crippen LogP contribution in [0.4, 0.5) is 0 Å². The van der Waals surface area contributed by atoms with Crippen LogP contribution in [0.2, 0.25) is 0 Å². The molecule has 0 saturated heterocycles. The molecule has 0 aromatic carbocycles. The van der Waals surface area contributed by atoms with Crippen molar-refractivity contribution in [1.82, 2.24) is 0 Å². The van der Waals surface area contributed by atoms with E-state index >= 15 is 0 Å². The van der Waals surface area contributed by atoms with Crippen LogP contribution in [0, 0.1) is 0 Å². The molecular formula is C7H12O7. The van der Waals surface area contributed by atoms with E-state index in [9.17, 15) is 14.7 Å². The van der Waals surface area contributed by atoms with Gasteiger partial charge in [-0.15, -0.1) is 0 Å². The average Bonchev–Trinajstić information content (AvgIpc) is 2.03. The lowest BCUT2D eigenvalue weighted by Crippen LogP contribution is -2.45. The molecule has 0 amide bonds. The predicted octanol–water partition coefficient (Wildman–Crippen LogP) is -0.755. The summed E-state index contributed by atoms with van der Waals surface area (Å²) in [5, 5.41) is 26.2. The van der Waals surface area contributed by atoms with Gasteiger partial charge in [0.1, 0.15) is 6.61 Å². The van der Waals surface area contributed by atoms with Gasteiger partial charge in [0.15, 0.2) is 5.60 Å². The highest BCUT2D eigenvalue weighted by Gasteiger charge is 2.39. The van der Waals surface area contributed by atoms with Gasteiger partial charge < -0.3 is 15.3 Å². The second-order valence-electron chi connectivity index (χ2n) is 2.58. The summed E-state index contributed by atoms with van der Waals surface area (Å²) in [5.74, 6) is -3.10. The van der Waals surface area contributed by atoms with E-state index in [4.69, 9.17) is 10.2 Å². The summed E-state index contributed by atoms with van der Waals surface area (Å²) in [6.45, 7) is 1.03. The first-order valence-corrected chi connectivity index (χ1v) is 3.84. The van der Waals surface area contributed by atoms with E-state index in [1.165, 1.54) is 0 Å². The Morgan fingerprint density at radius 2 is 1.86 bits per heavy atom. The molecule has 0 radical (unpaired) electrons. The number of aliphatic hydroxyl groups is 1. The largest absolute Gasteiger partial charge is 0.481 e. The molecule has 0 saturated carbocycles. The van der Waals surface area contributed by atoms with Crippen LogP contribution in [-0.2, 0) is 19.4 Å². The van der Waals surface area contributed by atoms with Crippen molar-refractivity contribution in [2.45, 2.75) is 18.9 Å². The number of rotatable bonds is 7. The summed E-state index contributed by atoms with van der Waals surface area (Å²) < 4.78 is 0. The Hall–Kier alpha value is -1.18. The molecule has 0 fully saturated rings. The van der Waals surface area contributed by atoms with E-state index in [0.717, 1.165) is 0 Å². The Kier molecular flexibility index (Phi) is 5.06. The summed E-state index contributed by atoms with van der Waals surface area (Å²) >= 11 is 0. The van der Waals surface area contributed by atoms with E-state index in [1.54, 1.807) is 6.92 Å². The van der Waals surface area contributed by atoms with Gasteiger partial charge in [-0.05, 0) is 6.92 Å². The molecule has 7 nitrogen and oxygen atoms in total. The van der Waals surface area contributed by atoms with Crippen LogP contribution in [0.25, 0.3) is 0 Å². The molecular weight excluding hydrogens is 196 g/mol. The second kappa shape index (κ2) is 5.53. The molecule has 0 spiro atoms. The fourth-order valence-corrected chi connectivity index (χ4v) is 0.661. The lowest BCUT2D eigenvalue weighted by atomic mass is 10.0. The molecule has 14 heavy (non-hydrogen) atoms. The fraction of sp³-hybridized carbons (Fsp3) is 0.714. The van der Waals surface area contributed by atoms with Crippen molar-refractivity contribution in [2.75, 3.05) is 13.2 Å². The van der Waals surface area contributed by atoms with Crippen LogP contribution in [0.15, 0.2) is 0 Å². The third-order valence-electron chi connectivity index (χ3n) is 1.34. The minimum atomic E-state index is -2.46. The van der Waals surface area contributed by atoms with Gasteiger partial charge in [-0.25, -0.2) is 14.6 Å². The normalized spacial score (nSPS) is 14.7. The van der Waals surface area contributed by atoms with Crippen LogP contribution >= 0.6 is 0 Å². The lowest BCUT2D eigenvalue weighted by Gasteiger charge is -2.19. The van der Waals surface area contributed by atoms with E-state index in [2.05, 4.69) is 9.78 Å². The van der Waals surface area contributed by atoms with Crippen molar-refractivity contribution in [2.24, 2.45) is 0 Å². The zero-order chi connectivity index (χ0) is 11.2. The highest BCUT2D eigenvalue weighted by atomic mass is 17.2. The maximum atomic E-state index is 10.5. The maximum absolute atomic E-state index is 10.5. The third-order valence-corrected chi connectivity index (χ3v) is 1.34. The maximum Gasteiger partial charge on any atom is 0.338 e. The molecule has 0 bridgehead atoms. The molecule has 1 unspecified atom stereocenters. The fourth-order valence-electron chi connectivity index (χ4n) is 0.661. The molecule has 0 aromatic heterocycles. The number of carbonyl (C=O) groups is 2. The molecule has 0 heterocycles. The molecule has 0 aliphatic carbocycles. The predicted molar refractivity (Wildman–Crippen MR) is 42.4 cm³/mol. The highest BCUT2D eigenvalue weighted by molar-refractivity contribution is 5.83. The molecule has 7 heteroatoms. The molecule has 0 aliphatic rings.